The van der Waals surface area contributed by atoms with Crippen LogP contribution in [0.5, 0.6) is 5.75 Å². The molecular weight excluding hydrogens is 193 g/mol. The molecule has 0 saturated carbocycles. The Morgan fingerprint density at radius 1 is 1.53 bits per heavy atom. The molecule has 0 amide bonds. The zero-order chi connectivity index (χ0) is 10.7. The molecule has 0 spiro atoms. The standard InChI is InChI=1S/C12H16FNO/c1-9(13)8-15-12-6-2-5-11-10(12)4-3-7-14-11/h2,5-6,9,14H,3-4,7-8H2,1H3. The van der Waals surface area contributed by atoms with Crippen LogP contribution in [0.25, 0.3) is 0 Å². The van der Waals surface area contributed by atoms with Gasteiger partial charge in [-0.2, -0.15) is 0 Å². The summed E-state index contributed by atoms with van der Waals surface area (Å²) in [5.74, 6) is 0.823. The van der Waals surface area contributed by atoms with Crippen molar-refractivity contribution in [1.29, 1.82) is 0 Å². The number of halogens is 1. The van der Waals surface area contributed by atoms with Crippen LogP contribution in [-0.4, -0.2) is 19.3 Å². The molecule has 0 aliphatic carbocycles. The van der Waals surface area contributed by atoms with E-state index in [0.29, 0.717) is 0 Å². The Bertz CT molecular complexity index is 338. The van der Waals surface area contributed by atoms with Crippen molar-refractivity contribution < 1.29 is 9.13 Å². The van der Waals surface area contributed by atoms with Gasteiger partial charge in [0.2, 0.25) is 0 Å². The quantitative estimate of drug-likeness (QED) is 0.826. The second-order valence-electron chi connectivity index (χ2n) is 3.90. The van der Waals surface area contributed by atoms with Gasteiger partial charge in [0.1, 0.15) is 18.5 Å². The summed E-state index contributed by atoms with van der Waals surface area (Å²) in [6.07, 6.45) is 1.20. The molecule has 1 aliphatic heterocycles. The number of fused-ring (bicyclic) bond motifs is 1. The molecule has 82 valence electrons. The van der Waals surface area contributed by atoms with Crippen molar-refractivity contribution >= 4 is 5.69 Å². The van der Waals surface area contributed by atoms with E-state index in [2.05, 4.69) is 5.32 Å². The van der Waals surface area contributed by atoms with Crippen molar-refractivity contribution in [1.82, 2.24) is 0 Å². The SMILES string of the molecule is CC(F)COc1cccc2c1CCCN2. The van der Waals surface area contributed by atoms with Gasteiger partial charge in [-0.05, 0) is 31.9 Å². The maximum absolute atomic E-state index is 12.7. The third-order valence-electron chi connectivity index (χ3n) is 2.52. The van der Waals surface area contributed by atoms with E-state index in [1.54, 1.807) is 0 Å². The Balaban J connectivity index is 2.16. The van der Waals surface area contributed by atoms with Crippen LogP contribution >= 0.6 is 0 Å². The average molecular weight is 209 g/mol. The van der Waals surface area contributed by atoms with Crippen molar-refractivity contribution in [2.75, 3.05) is 18.5 Å². The molecule has 0 saturated heterocycles. The van der Waals surface area contributed by atoms with Gasteiger partial charge < -0.3 is 10.1 Å². The number of benzene rings is 1. The monoisotopic (exact) mass is 209 g/mol. The zero-order valence-electron chi connectivity index (χ0n) is 8.92. The van der Waals surface area contributed by atoms with Crippen LogP contribution in [0.4, 0.5) is 10.1 Å². The number of hydrogen-bond donors (Lipinski definition) is 1. The Hall–Kier alpha value is -1.25. The first-order valence-electron chi connectivity index (χ1n) is 5.40. The van der Waals surface area contributed by atoms with Gasteiger partial charge in [0.05, 0.1) is 0 Å². The lowest BCUT2D eigenvalue weighted by molar-refractivity contribution is 0.208. The summed E-state index contributed by atoms with van der Waals surface area (Å²) in [6.45, 7) is 2.65. The average Bonchev–Trinajstić information content (AvgIpc) is 2.26. The maximum atomic E-state index is 12.7. The van der Waals surface area contributed by atoms with Gasteiger partial charge in [0.25, 0.3) is 0 Å². The van der Waals surface area contributed by atoms with Crippen molar-refractivity contribution in [3.05, 3.63) is 23.8 Å². The summed E-state index contributed by atoms with van der Waals surface area (Å²) in [5.41, 5.74) is 2.31. The van der Waals surface area contributed by atoms with E-state index in [1.165, 1.54) is 12.5 Å². The molecule has 1 aliphatic rings. The fourth-order valence-electron chi connectivity index (χ4n) is 1.82. The van der Waals surface area contributed by atoms with E-state index < -0.39 is 6.17 Å². The highest BCUT2D eigenvalue weighted by atomic mass is 19.1. The van der Waals surface area contributed by atoms with E-state index in [9.17, 15) is 4.39 Å². The van der Waals surface area contributed by atoms with Gasteiger partial charge in [0, 0.05) is 17.8 Å². The molecule has 2 rings (SSSR count). The summed E-state index contributed by atoms with van der Waals surface area (Å²) in [4.78, 5) is 0. The van der Waals surface area contributed by atoms with E-state index in [4.69, 9.17) is 4.74 Å². The summed E-state index contributed by atoms with van der Waals surface area (Å²) < 4.78 is 18.1. The first kappa shape index (κ1) is 10.3. The highest BCUT2D eigenvalue weighted by Crippen LogP contribution is 2.30. The van der Waals surface area contributed by atoms with Gasteiger partial charge >= 0.3 is 0 Å². The molecule has 1 atom stereocenters. The number of rotatable bonds is 3. The Morgan fingerprint density at radius 2 is 2.40 bits per heavy atom. The van der Waals surface area contributed by atoms with Gasteiger partial charge in [0.15, 0.2) is 0 Å². The van der Waals surface area contributed by atoms with Crippen LogP contribution < -0.4 is 10.1 Å². The lowest BCUT2D eigenvalue weighted by atomic mass is 10.0. The Kier molecular flexibility index (Phi) is 3.09. The van der Waals surface area contributed by atoms with Crippen LogP contribution in [0.2, 0.25) is 0 Å². The summed E-state index contributed by atoms with van der Waals surface area (Å²) in [6, 6.07) is 5.89. The van der Waals surface area contributed by atoms with Crippen LogP contribution in [0.3, 0.4) is 0 Å². The predicted octanol–water partition coefficient (Wildman–Crippen LogP) is 2.78. The molecule has 15 heavy (non-hydrogen) atoms. The van der Waals surface area contributed by atoms with E-state index in [-0.39, 0.29) is 6.61 Å². The van der Waals surface area contributed by atoms with Gasteiger partial charge in [-0.3, -0.25) is 0 Å². The van der Waals surface area contributed by atoms with Gasteiger partial charge in [-0.25, -0.2) is 4.39 Å². The molecule has 0 fully saturated rings. The highest BCUT2D eigenvalue weighted by molar-refractivity contribution is 5.59. The molecule has 2 nitrogen and oxygen atoms in total. The molecule has 0 aromatic heterocycles. The van der Waals surface area contributed by atoms with Crippen molar-refractivity contribution in [3.63, 3.8) is 0 Å². The molecule has 1 heterocycles. The minimum absolute atomic E-state index is 0.135. The molecule has 1 unspecified atom stereocenters. The number of anilines is 1. The third kappa shape index (κ3) is 2.41. The lowest BCUT2D eigenvalue weighted by Crippen LogP contribution is -2.15. The fourth-order valence-corrected chi connectivity index (χ4v) is 1.82. The van der Waals surface area contributed by atoms with Crippen LogP contribution in [-0.2, 0) is 6.42 Å². The predicted molar refractivity (Wildman–Crippen MR) is 59.3 cm³/mol. The first-order valence-corrected chi connectivity index (χ1v) is 5.40. The second-order valence-corrected chi connectivity index (χ2v) is 3.90. The molecule has 0 radical (unpaired) electrons. The van der Waals surface area contributed by atoms with Crippen molar-refractivity contribution in [2.45, 2.75) is 25.9 Å². The number of alkyl halides is 1. The largest absolute Gasteiger partial charge is 0.490 e. The molecule has 1 aromatic rings. The molecular formula is C12H16FNO. The molecule has 3 heteroatoms. The number of hydrogen-bond acceptors (Lipinski definition) is 2. The number of nitrogens with one attached hydrogen (secondary N) is 1. The van der Waals surface area contributed by atoms with E-state index in [0.717, 1.165) is 30.8 Å². The summed E-state index contributed by atoms with van der Waals surface area (Å²) >= 11 is 0. The normalized spacial score (nSPS) is 16.4. The van der Waals surface area contributed by atoms with Gasteiger partial charge in [-0.1, -0.05) is 6.07 Å². The molecule has 1 aromatic carbocycles. The van der Waals surface area contributed by atoms with Crippen LogP contribution in [0.15, 0.2) is 18.2 Å². The highest BCUT2D eigenvalue weighted by Gasteiger charge is 2.13. The third-order valence-corrected chi connectivity index (χ3v) is 2.52. The minimum Gasteiger partial charge on any atom is -0.490 e. The maximum Gasteiger partial charge on any atom is 0.131 e. The van der Waals surface area contributed by atoms with Crippen molar-refractivity contribution in [3.8, 4) is 5.75 Å². The first-order chi connectivity index (χ1) is 7.27. The topological polar surface area (TPSA) is 21.3 Å². The summed E-state index contributed by atoms with van der Waals surface area (Å²) in [7, 11) is 0. The van der Waals surface area contributed by atoms with Crippen LogP contribution in [0, 0.1) is 0 Å². The second kappa shape index (κ2) is 4.51. The smallest absolute Gasteiger partial charge is 0.131 e. The van der Waals surface area contributed by atoms with Crippen LogP contribution in [0.1, 0.15) is 18.9 Å². The van der Waals surface area contributed by atoms with E-state index in [1.807, 2.05) is 18.2 Å². The lowest BCUT2D eigenvalue weighted by Gasteiger charge is -2.21. The zero-order valence-corrected chi connectivity index (χ0v) is 8.92. The molecule has 1 N–H and O–H groups in total. The van der Waals surface area contributed by atoms with E-state index >= 15 is 0 Å². The van der Waals surface area contributed by atoms with Crippen molar-refractivity contribution in [2.24, 2.45) is 0 Å². The number of ether oxygens (including phenoxy) is 1. The molecule has 0 bridgehead atoms. The fraction of sp³-hybridized carbons (Fsp3) is 0.500. The Morgan fingerprint density at radius 3 is 3.20 bits per heavy atom. The minimum atomic E-state index is -0.919. The van der Waals surface area contributed by atoms with Gasteiger partial charge in [-0.15, -0.1) is 0 Å². The summed E-state index contributed by atoms with van der Waals surface area (Å²) in [5, 5.41) is 3.32. The Labute approximate surface area is 89.4 Å².